The van der Waals surface area contributed by atoms with Gasteiger partial charge in [-0.05, 0) is 35.2 Å². The first-order valence-corrected chi connectivity index (χ1v) is 11.6. The van der Waals surface area contributed by atoms with Crippen molar-refractivity contribution in [2.75, 3.05) is 14.2 Å². The molecule has 0 saturated heterocycles. The maximum atomic E-state index is 9.10. The van der Waals surface area contributed by atoms with Gasteiger partial charge in [-0.15, -0.1) is 0 Å². The van der Waals surface area contributed by atoms with Crippen molar-refractivity contribution in [1.29, 1.82) is 5.41 Å². The van der Waals surface area contributed by atoms with Crippen molar-refractivity contribution in [2.45, 2.75) is 19.5 Å². The van der Waals surface area contributed by atoms with Crippen LogP contribution in [0.3, 0.4) is 0 Å². The Morgan fingerprint density at radius 3 is 2.23 bits per heavy atom. The number of aromatic nitrogens is 3. The standard InChI is InChI=1S/C29H28N4O2/c1-34-25-14-13-21(17-26(25)35-2)15-16-32-20-31-29-27(28(32)30)24(23-11-7-4-8-12-23)19-33(29)18-22-9-5-3-6-10-22/h3-14,17,19-20,30H,15-16,18H2,1-2H3. The van der Waals surface area contributed by atoms with Crippen LogP contribution in [0.2, 0.25) is 0 Å². The van der Waals surface area contributed by atoms with Gasteiger partial charge in [-0.3, -0.25) is 5.41 Å². The Kier molecular flexibility index (Phi) is 6.35. The van der Waals surface area contributed by atoms with E-state index < -0.39 is 0 Å². The van der Waals surface area contributed by atoms with Gasteiger partial charge in [-0.25, -0.2) is 4.98 Å². The molecule has 0 unspecified atom stereocenters. The molecule has 0 atom stereocenters. The number of benzene rings is 3. The van der Waals surface area contributed by atoms with Crippen molar-refractivity contribution in [3.63, 3.8) is 0 Å². The van der Waals surface area contributed by atoms with Crippen molar-refractivity contribution in [3.8, 4) is 22.6 Å². The Morgan fingerprint density at radius 2 is 1.51 bits per heavy atom. The van der Waals surface area contributed by atoms with Gasteiger partial charge in [0.05, 0.1) is 25.9 Å². The van der Waals surface area contributed by atoms with Gasteiger partial charge < -0.3 is 18.6 Å². The second-order valence-electron chi connectivity index (χ2n) is 8.45. The molecule has 176 valence electrons. The number of methoxy groups -OCH3 is 2. The Hall–Kier alpha value is -4.32. The van der Waals surface area contributed by atoms with E-state index in [1.807, 2.05) is 59.2 Å². The molecule has 5 rings (SSSR count). The molecule has 0 aliphatic carbocycles. The highest BCUT2D eigenvalue weighted by Crippen LogP contribution is 2.29. The molecule has 5 aromatic rings. The molecule has 1 N–H and O–H groups in total. The third-order valence-electron chi connectivity index (χ3n) is 6.26. The summed E-state index contributed by atoms with van der Waals surface area (Å²) in [6.07, 6.45) is 4.65. The van der Waals surface area contributed by atoms with Gasteiger partial charge in [0.2, 0.25) is 0 Å². The van der Waals surface area contributed by atoms with Crippen LogP contribution in [0.5, 0.6) is 11.5 Å². The summed E-state index contributed by atoms with van der Waals surface area (Å²) in [6.45, 7) is 1.33. The predicted octanol–water partition coefficient (Wildman–Crippen LogP) is 5.29. The first-order valence-electron chi connectivity index (χ1n) is 11.6. The van der Waals surface area contributed by atoms with Crippen LogP contribution in [0.25, 0.3) is 22.2 Å². The molecule has 0 spiro atoms. The molecule has 0 amide bonds. The molecular weight excluding hydrogens is 436 g/mol. The van der Waals surface area contributed by atoms with E-state index in [0.29, 0.717) is 30.1 Å². The molecule has 0 fully saturated rings. The van der Waals surface area contributed by atoms with Crippen molar-refractivity contribution >= 4 is 11.0 Å². The predicted molar refractivity (Wildman–Crippen MR) is 138 cm³/mol. The molecule has 2 heterocycles. The van der Waals surface area contributed by atoms with Crippen molar-refractivity contribution in [2.24, 2.45) is 0 Å². The summed E-state index contributed by atoms with van der Waals surface area (Å²) in [6, 6.07) is 26.5. The highest BCUT2D eigenvalue weighted by atomic mass is 16.5. The number of nitrogens with one attached hydrogen (secondary N) is 1. The van der Waals surface area contributed by atoms with E-state index >= 15 is 0 Å². The zero-order valence-electron chi connectivity index (χ0n) is 19.9. The van der Waals surface area contributed by atoms with Crippen molar-refractivity contribution < 1.29 is 9.47 Å². The molecule has 3 aromatic carbocycles. The summed E-state index contributed by atoms with van der Waals surface area (Å²) < 4.78 is 14.8. The average Bonchev–Trinajstić information content (AvgIpc) is 3.28. The smallest absolute Gasteiger partial charge is 0.160 e. The Balaban J connectivity index is 1.53. The van der Waals surface area contributed by atoms with Gasteiger partial charge in [0, 0.05) is 24.8 Å². The largest absolute Gasteiger partial charge is 0.493 e. The molecule has 0 aliphatic rings. The average molecular weight is 465 g/mol. The number of rotatable bonds is 8. The van der Waals surface area contributed by atoms with E-state index in [1.165, 1.54) is 5.56 Å². The molecule has 6 nitrogen and oxygen atoms in total. The minimum Gasteiger partial charge on any atom is -0.493 e. The summed E-state index contributed by atoms with van der Waals surface area (Å²) >= 11 is 0. The number of hydrogen-bond donors (Lipinski definition) is 1. The van der Waals surface area contributed by atoms with Crippen LogP contribution in [0, 0.1) is 5.41 Å². The van der Waals surface area contributed by atoms with E-state index in [2.05, 4.69) is 35.0 Å². The Bertz CT molecular complexity index is 1510. The fourth-order valence-electron chi connectivity index (χ4n) is 4.44. The number of ether oxygens (including phenoxy) is 2. The topological polar surface area (TPSA) is 65.1 Å². The van der Waals surface area contributed by atoms with Gasteiger partial charge in [0.1, 0.15) is 11.1 Å². The molecule has 2 aromatic heterocycles. The third-order valence-corrected chi connectivity index (χ3v) is 6.26. The van der Waals surface area contributed by atoms with Crippen LogP contribution in [0.15, 0.2) is 91.4 Å². The molecular formula is C29H28N4O2. The number of hydrogen-bond acceptors (Lipinski definition) is 4. The maximum Gasteiger partial charge on any atom is 0.160 e. The minimum absolute atomic E-state index is 0.459. The zero-order valence-corrected chi connectivity index (χ0v) is 19.9. The van der Waals surface area contributed by atoms with E-state index in [1.54, 1.807) is 20.5 Å². The summed E-state index contributed by atoms with van der Waals surface area (Å²) in [5.74, 6) is 1.42. The second-order valence-corrected chi connectivity index (χ2v) is 8.45. The Labute approximate surface area is 204 Å². The van der Waals surface area contributed by atoms with Gasteiger partial charge in [-0.1, -0.05) is 66.7 Å². The lowest BCUT2D eigenvalue weighted by Crippen LogP contribution is -2.22. The van der Waals surface area contributed by atoms with Crippen LogP contribution >= 0.6 is 0 Å². The lowest BCUT2D eigenvalue weighted by atomic mass is 10.1. The SMILES string of the molecule is COc1ccc(CCn2cnc3c(c(-c4ccccc4)cn3Cc3ccccc3)c2=N)cc1OC. The van der Waals surface area contributed by atoms with E-state index in [4.69, 9.17) is 19.9 Å². The molecule has 0 radical (unpaired) electrons. The van der Waals surface area contributed by atoms with E-state index in [-0.39, 0.29) is 0 Å². The summed E-state index contributed by atoms with van der Waals surface area (Å²) in [4.78, 5) is 4.82. The molecule has 0 saturated carbocycles. The summed E-state index contributed by atoms with van der Waals surface area (Å²) in [5.41, 5.74) is 5.69. The van der Waals surface area contributed by atoms with E-state index in [9.17, 15) is 0 Å². The van der Waals surface area contributed by atoms with Crippen molar-refractivity contribution in [3.05, 3.63) is 108 Å². The quantitative estimate of drug-likeness (QED) is 0.339. The van der Waals surface area contributed by atoms with Crippen LogP contribution < -0.4 is 15.0 Å². The third kappa shape index (κ3) is 4.55. The van der Waals surface area contributed by atoms with Gasteiger partial charge >= 0.3 is 0 Å². The number of aryl methyl sites for hydroxylation is 2. The van der Waals surface area contributed by atoms with Crippen LogP contribution in [0.4, 0.5) is 0 Å². The lowest BCUT2D eigenvalue weighted by molar-refractivity contribution is 0.354. The van der Waals surface area contributed by atoms with Gasteiger partial charge in [0.15, 0.2) is 11.5 Å². The van der Waals surface area contributed by atoms with E-state index in [0.717, 1.165) is 34.1 Å². The molecule has 35 heavy (non-hydrogen) atoms. The second kappa shape index (κ2) is 9.89. The highest BCUT2D eigenvalue weighted by molar-refractivity contribution is 5.93. The van der Waals surface area contributed by atoms with Gasteiger partial charge in [-0.2, -0.15) is 0 Å². The van der Waals surface area contributed by atoms with Crippen molar-refractivity contribution in [1.82, 2.24) is 14.1 Å². The summed E-state index contributed by atoms with van der Waals surface area (Å²) in [7, 11) is 3.27. The minimum atomic E-state index is 0.459. The first kappa shape index (κ1) is 22.5. The fraction of sp³-hybridized carbons (Fsp3) is 0.172. The lowest BCUT2D eigenvalue weighted by Gasteiger charge is -2.11. The Morgan fingerprint density at radius 1 is 0.800 bits per heavy atom. The normalized spacial score (nSPS) is 11.0. The van der Waals surface area contributed by atoms with Crippen LogP contribution in [0.1, 0.15) is 11.1 Å². The van der Waals surface area contributed by atoms with Gasteiger partial charge in [0.25, 0.3) is 0 Å². The van der Waals surface area contributed by atoms with Crippen LogP contribution in [-0.2, 0) is 19.5 Å². The number of nitrogens with zero attached hydrogens (tertiary/aromatic N) is 3. The zero-order chi connectivity index (χ0) is 24.2. The van der Waals surface area contributed by atoms with Crippen LogP contribution in [-0.4, -0.2) is 28.3 Å². The highest BCUT2D eigenvalue weighted by Gasteiger charge is 2.15. The molecule has 0 aliphatic heterocycles. The summed E-state index contributed by atoms with van der Waals surface area (Å²) in [5, 5.41) is 9.96. The monoisotopic (exact) mass is 464 g/mol. The first-order chi connectivity index (χ1) is 17.2. The molecule has 0 bridgehead atoms. The number of fused-ring (bicyclic) bond motifs is 1. The maximum absolute atomic E-state index is 9.10. The molecule has 6 heteroatoms. The fourth-order valence-corrected chi connectivity index (χ4v) is 4.44.